The maximum atomic E-state index is 13.0. The van der Waals surface area contributed by atoms with Crippen molar-refractivity contribution in [3.8, 4) is 17.3 Å². The molecule has 1 amide bonds. The highest BCUT2D eigenvalue weighted by Crippen LogP contribution is 2.35. The largest absolute Gasteiger partial charge is 0.480 e. The van der Waals surface area contributed by atoms with E-state index in [2.05, 4.69) is 25.4 Å². The van der Waals surface area contributed by atoms with E-state index in [4.69, 9.17) is 14.0 Å². The number of hydrogen-bond donors (Lipinski definition) is 1. The summed E-state index contributed by atoms with van der Waals surface area (Å²) in [6.07, 6.45) is 0. The van der Waals surface area contributed by atoms with Gasteiger partial charge >= 0.3 is 0 Å². The number of fused-ring (bicyclic) bond motifs is 1. The van der Waals surface area contributed by atoms with E-state index in [-0.39, 0.29) is 17.9 Å². The minimum Gasteiger partial charge on any atom is -0.480 e. The van der Waals surface area contributed by atoms with E-state index in [1.165, 1.54) is 11.3 Å². The third-order valence-corrected chi connectivity index (χ3v) is 6.13. The third-order valence-electron chi connectivity index (χ3n) is 4.94. The molecule has 0 aliphatic heterocycles. The molecule has 1 aromatic carbocycles. The van der Waals surface area contributed by atoms with E-state index in [1.54, 1.807) is 26.4 Å². The van der Waals surface area contributed by atoms with Gasteiger partial charge in [-0.25, -0.2) is 4.98 Å². The summed E-state index contributed by atoms with van der Waals surface area (Å²) >= 11 is 1.29. The molecule has 0 aliphatic carbocycles. The lowest BCUT2D eigenvalue weighted by Gasteiger charge is -2.10. The van der Waals surface area contributed by atoms with Gasteiger partial charge in [-0.15, -0.1) is 11.3 Å². The average Bonchev–Trinajstić information content (AvgIpc) is 3.40. The van der Waals surface area contributed by atoms with Crippen molar-refractivity contribution in [2.45, 2.75) is 39.7 Å². The molecule has 0 saturated heterocycles. The SMILES string of the molecule is COCc1nc(OC)c2c(C)c(C(=O)Nc3ccc(-c4noc(C(C)(C)C)n4)cc3)sc2n1. The minimum atomic E-state index is -0.229. The van der Waals surface area contributed by atoms with Crippen LogP contribution in [0.15, 0.2) is 28.8 Å². The van der Waals surface area contributed by atoms with Gasteiger partial charge in [0.25, 0.3) is 5.91 Å². The topological polar surface area (TPSA) is 112 Å². The molecule has 33 heavy (non-hydrogen) atoms. The third kappa shape index (κ3) is 4.57. The van der Waals surface area contributed by atoms with Crippen molar-refractivity contribution in [1.29, 1.82) is 0 Å². The van der Waals surface area contributed by atoms with Crippen LogP contribution < -0.4 is 10.1 Å². The number of thiophene rings is 1. The molecular formula is C23H25N5O4S. The van der Waals surface area contributed by atoms with Gasteiger partial charge in [0, 0.05) is 23.8 Å². The van der Waals surface area contributed by atoms with Gasteiger partial charge in [-0.05, 0) is 36.8 Å². The van der Waals surface area contributed by atoms with Gasteiger partial charge in [0.1, 0.15) is 11.4 Å². The van der Waals surface area contributed by atoms with Crippen molar-refractivity contribution in [2.75, 3.05) is 19.5 Å². The van der Waals surface area contributed by atoms with Gasteiger partial charge in [-0.3, -0.25) is 4.79 Å². The molecule has 0 saturated carbocycles. The van der Waals surface area contributed by atoms with Crippen molar-refractivity contribution < 1.29 is 18.8 Å². The Bertz CT molecular complexity index is 1310. The molecule has 4 rings (SSSR count). The van der Waals surface area contributed by atoms with Crippen LogP contribution in [0, 0.1) is 6.92 Å². The van der Waals surface area contributed by atoms with Crippen LogP contribution >= 0.6 is 11.3 Å². The van der Waals surface area contributed by atoms with Crippen LogP contribution in [0.2, 0.25) is 0 Å². The van der Waals surface area contributed by atoms with Crippen LogP contribution in [0.25, 0.3) is 21.6 Å². The maximum Gasteiger partial charge on any atom is 0.266 e. The number of nitrogens with zero attached hydrogens (tertiary/aromatic N) is 4. The van der Waals surface area contributed by atoms with E-state index in [9.17, 15) is 4.79 Å². The predicted molar refractivity (Wildman–Crippen MR) is 126 cm³/mol. The first-order valence-corrected chi connectivity index (χ1v) is 11.1. The molecule has 4 aromatic rings. The second-order valence-electron chi connectivity index (χ2n) is 8.52. The Labute approximate surface area is 195 Å². The predicted octanol–water partition coefficient (Wildman–Crippen LogP) is 4.75. The number of amides is 1. The van der Waals surface area contributed by atoms with Gasteiger partial charge in [-0.1, -0.05) is 25.9 Å². The van der Waals surface area contributed by atoms with E-state index in [0.29, 0.717) is 38.8 Å². The molecule has 0 atom stereocenters. The van der Waals surface area contributed by atoms with Gasteiger partial charge in [0.15, 0.2) is 5.82 Å². The standard InChI is InChI=1S/C23H25N5O4S/c1-12-16-20(31-6)25-15(11-30-5)26-21(16)33-17(12)19(29)24-14-9-7-13(8-10-14)18-27-22(32-28-18)23(2,3)4/h7-10H,11H2,1-6H3,(H,24,29). The highest BCUT2D eigenvalue weighted by molar-refractivity contribution is 7.20. The maximum absolute atomic E-state index is 13.0. The summed E-state index contributed by atoms with van der Waals surface area (Å²) in [7, 11) is 3.12. The first-order chi connectivity index (χ1) is 15.7. The first-order valence-electron chi connectivity index (χ1n) is 10.3. The van der Waals surface area contributed by atoms with Crippen LogP contribution in [-0.2, 0) is 16.8 Å². The molecule has 0 spiro atoms. The van der Waals surface area contributed by atoms with E-state index in [0.717, 1.165) is 16.5 Å². The number of benzene rings is 1. The molecule has 0 bridgehead atoms. The number of anilines is 1. The summed E-state index contributed by atoms with van der Waals surface area (Å²) in [6.45, 7) is 8.16. The second-order valence-corrected chi connectivity index (χ2v) is 9.52. The Morgan fingerprint density at radius 2 is 1.85 bits per heavy atom. The average molecular weight is 468 g/mol. The number of hydrogen-bond acceptors (Lipinski definition) is 9. The Hall–Kier alpha value is -3.37. The molecule has 1 N–H and O–H groups in total. The molecule has 172 valence electrons. The summed E-state index contributed by atoms with van der Waals surface area (Å²) < 4.78 is 15.9. The van der Waals surface area contributed by atoms with Crippen LogP contribution in [0.4, 0.5) is 5.69 Å². The second kappa shape index (κ2) is 8.87. The monoisotopic (exact) mass is 467 g/mol. The summed E-state index contributed by atoms with van der Waals surface area (Å²) in [5, 5.41) is 7.73. The quantitative estimate of drug-likeness (QED) is 0.432. The number of rotatable bonds is 6. The van der Waals surface area contributed by atoms with E-state index >= 15 is 0 Å². The van der Waals surface area contributed by atoms with Crippen molar-refractivity contribution in [3.63, 3.8) is 0 Å². The number of methoxy groups -OCH3 is 2. The molecule has 9 nitrogen and oxygen atoms in total. The molecule has 10 heteroatoms. The first kappa shape index (κ1) is 22.8. The van der Waals surface area contributed by atoms with Gasteiger partial charge in [0.05, 0.1) is 17.4 Å². The van der Waals surface area contributed by atoms with Crippen molar-refractivity contribution in [1.82, 2.24) is 20.1 Å². The fraction of sp³-hybridized carbons (Fsp3) is 0.348. The lowest BCUT2D eigenvalue weighted by molar-refractivity contribution is 0.103. The highest BCUT2D eigenvalue weighted by Gasteiger charge is 2.23. The summed E-state index contributed by atoms with van der Waals surface area (Å²) in [5.41, 5.74) is 2.00. The summed E-state index contributed by atoms with van der Waals surface area (Å²) in [4.78, 5) is 27.6. The Morgan fingerprint density at radius 3 is 2.45 bits per heavy atom. The zero-order valence-electron chi connectivity index (χ0n) is 19.3. The van der Waals surface area contributed by atoms with Crippen molar-refractivity contribution in [3.05, 3.63) is 46.4 Å². The number of carbonyl (C=O) groups excluding carboxylic acids is 1. The molecule has 0 radical (unpaired) electrons. The van der Waals surface area contributed by atoms with E-state index < -0.39 is 0 Å². The highest BCUT2D eigenvalue weighted by atomic mass is 32.1. The van der Waals surface area contributed by atoms with Crippen LogP contribution in [0.3, 0.4) is 0 Å². The Morgan fingerprint density at radius 1 is 1.12 bits per heavy atom. The fourth-order valence-electron chi connectivity index (χ4n) is 3.24. The Kier molecular flexibility index (Phi) is 6.13. The lowest BCUT2D eigenvalue weighted by Crippen LogP contribution is -2.11. The molecule has 3 heterocycles. The molecule has 0 aliphatic rings. The number of ether oxygens (including phenoxy) is 2. The zero-order chi connectivity index (χ0) is 23.8. The molecule has 0 fully saturated rings. The van der Waals surface area contributed by atoms with Crippen LogP contribution in [-0.4, -0.2) is 40.2 Å². The van der Waals surface area contributed by atoms with Gasteiger partial charge < -0.3 is 19.3 Å². The number of aryl methyl sites for hydroxylation is 1. The normalized spacial score (nSPS) is 11.7. The molecule has 0 unspecified atom stereocenters. The summed E-state index contributed by atoms with van der Waals surface area (Å²) in [5.74, 6) is 1.78. The fourth-order valence-corrected chi connectivity index (χ4v) is 4.32. The van der Waals surface area contributed by atoms with Gasteiger partial charge in [0.2, 0.25) is 17.6 Å². The van der Waals surface area contributed by atoms with E-state index in [1.807, 2.05) is 39.8 Å². The summed E-state index contributed by atoms with van der Waals surface area (Å²) in [6, 6.07) is 7.30. The minimum absolute atomic E-state index is 0.224. The van der Waals surface area contributed by atoms with Gasteiger partial charge in [-0.2, -0.15) is 9.97 Å². The lowest BCUT2D eigenvalue weighted by atomic mass is 9.97. The molecule has 3 aromatic heterocycles. The van der Waals surface area contributed by atoms with Crippen LogP contribution in [0.1, 0.15) is 47.7 Å². The van der Waals surface area contributed by atoms with Crippen molar-refractivity contribution in [2.24, 2.45) is 0 Å². The number of carbonyl (C=O) groups is 1. The zero-order valence-corrected chi connectivity index (χ0v) is 20.2. The molecular weight excluding hydrogens is 442 g/mol. The number of aromatic nitrogens is 4. The Balaban J connectivity index is 1.57. The van der Waals surface area contributed by atoms with Crippen molar-refractivity contribution >= 4 is 33.1 Å². The van der Waals surface area contributed by atoms with Crippen LogP contribution in [0.5, 0.6) is 5.88 Å². The number of nitrogens with one attached hydrogen (secondary N) is 1. The smallest absolute Gasteiger partial charge is 0.266 e.